The molecular formula is C18H27N3O3. The van der Waals surface area contributed by atoms with Crippen LogP contribution in [0.3, 0.4) is 0 Å². The van der Waals surface area contributed by atoms with Crippen LogP contribution < -0.4 is 9.47 Å². The molecule has 0 saturated heterocycles. The average Bonchev–Trinajstić information content (AvgIpc) is 3.04. The van der Waals surface area contributed by atoms with Crippen LogP contribution in [0.25, 0.3) is 0 Å². The summed E-state index contributed by atoms with van der Waals surface area (Å²) in [7, 11) is 5.33. The number of ether oxygens (including phenoxy) is 2. The Balaban J connectivity index is 2.14. The highest BCUT2D eigenvalue weighted by Crippen LogP contribution is 2.28. The third kappa shape index (κ3) is 4.06. The van der Waals surface area contributed by atoms with E-state index in [2.05, 4.69) is 42.7 Å². The normalized spacial score (nSPS) is 13.2. The molecule has 1 heterocycles. The van der Waals surface area contributed by atoms with E-state index < -0.39 is 0 Å². The molecule has 0 N–H and O–H groups in total. The van der Waals surface area contributed by atoms with E-state index >= 15 is 0 Å². The predicted octanol–water partition coefficient (Wildman–Crippen LogP) is 3.58. The largest absolute Gasteiger partial charge is 0.497 e. The lowest BCUT2D eigenvalue weighted by Crippen LogP contribution is -2.23. The molecular weight excluding hydrogens is 306 g/mol. The van der Waals surface area contributed by atoms with Crippen molar-refractivity contribution in [2.24, 2.45) is 0 Å². The van der Waals surface area contributed by atoms with Crippen molar-refractivity contribution in [3.05, 3.63) is 35.5 Å². The summed E-state index contributed by atoms with van der Waals surface area (Å²) in [4.78, 5) is 6.69. The monoisotopic (exact) mass is 333 g/mol. The standard InChI is InChI=1S/C18H27N3O3/c1-12(16-19-17(20-24-16)18(2,3)4)21(5)11-13-8-9-14(22-6)10-15(13)23-7/h8-10,12H,11H2,1-7H3. The van der Waals surface area contributed by atoms with Crippen LogP contribution in [0, 0.1) is 0 Å². The van der Waals surface area contributed by atoms with Gasteiger partial charge < -0.3 is 14.0 Å². The van der Waals surface area contributed by atoms with Crippen LogP contribution >= 0.6 is 0 Å². The molecule has 24 heavy (non-hydrogen) atoms. The summed E-state index contributed by atoms with van der Waals surface area (Å²) in [6, 6.07) is 5.83. The van der Waals surface area contributed by atoms with Gasteiger partial charge in [-0.25, -0.2) is 0 Å². The van der Waals surface area contributed by atoms with Crippen LogP contribution in [-0.2, 0) is 12.0 Å². The number of rotatable bonds is 6. The molecule has 0 aliphatic heterocycles. The summed E-state index contributed by atoms with van der Waals surface area (Å²) in [5, 5.41) is 4.10. The van der Waals surface area contributed by atoms with Gasteiger partial charge in [-0.1, -0.05) is 32.0 Å². The summed E-state index contributed by atoms with van der Waals surface area (Å²) >= 11 is 0. The highest BCUT2D eigenvalue weighted by Gasteiger charge is 2.25. The molecule has 1 aromatic heterocycles. The Bertz CT molecular complexity index is 676. The van der Waals surface area contributed by atoms with Gasteiger partial charge in [0.05, 0.1) is 20.3 Å². The predicted molar refractivity (Wildman–Crippen MR) is 92.4 cm³/mol. The molecule has 0 aliphatic carbocycles. The Morgan fingerprint density at radius 2 is 1.92 bits per heavy atom. The topological polar surface area (TPSA) is 60.6 Å². The van der Waals surface area contributed by atoms with Gasteiger partial charge in [0, 0.05) is 23.6 Å². The van der Waals surface area contributed by atoms with Gasteiger partial charge in [0.2, 0.25) is 5.89 Å². The van der Waals surface area contributed by atoms with Crippen LogP contribution in [0.15, 0.2) is 22.7 Å². The van der Waals surface area contributed by atoms with Crippen LogP contribution in [0.4, 0.5) is 0 Å². The second-order valence-electron chi connectivity index (χ2n) is 6.98. The van der Waals surface area contributed by atoms with Gasteiger partial charge in [-0.2, -0.15) is 4.98 Å². The smallest absolute Gasteiger partial charge is 0.243 e. The van der Waals surface area contributed by atoms with E-state index in [1.54, 1.807) is 14.2 Å². The zero-order valence-electron chi connectivity index (χ0n) is 15.6. The van der Waals surface area contributed by atoms with Crippen molar-refractivity contribution in [2.75, 3.05) is 21.3 Å². The third-order valence-electron chi connectivity index (χ3n) is 4.05. The second-order valence-corrected chi connectivity index (χ2v) is 6.98. The Morgan fingerprint density at radius 3 is 2.46 bits per heavy atom. The first-order valence-corrected chi connectivity index (χ1v) is 8.01. The molecule has 6 heteroatoms. The lowest BCUT2D eigenvalue weighted by Gasteiger charge is -2.23. The average molecular weight is 333 g/mol. The summed E-state index contributed by atoms with van der Waals surface area (Å²) < 4.78 is 16.2. The zero-order valence-corrected chi connectivity index (χ0v) is 15.6. The molecule has 2 aromatic rings. The summed E-state index contributed by atoms with van der Waals surface area (Å²) in [6.45, 7) is 8.95. The van der Waals surface area contributed by atoms with Crippen molar-refractivity contribution < 1.29 is 14.0 Å². The number of methoxy groups -OCH3 is 2. The summed E-state index contributed by atoms with van der Waals surface area (Å²) in [5.41, 5.74) is 0.947. The highest BCUT2D eigenvalue weighted by molar-refractivity contribution is 5.40. The van der Waals surface area contributed by atoms with Crippen molar-refractivity contribution >= 4 is 0 Å². The molecule has 0 saturated carbocycles. The van der Waals surface area contributed by atoms with Crippen LogP contribution in [0.5, 0.6) is 11.5 Å². The molecule has 0 fully saturated rings. The van der Waals surface area contributed by atoms with E-state index in [9.17, 15) is 0 Å². The quantitative estimate of drug-likeness (QED) is 0.805. The number of nitrogens with zero attached hydrogens (tertiary/aromatic N) is 3. The number of aromatic nitrogens is 2. The maximum absolute atomic E-state index is 5.46. The molecule has 1 atom stereocenters. The van der Waals surface area contributed by atoms with E-state index in [0.717, 1.165) is 22.9 Å². The Labute approximate surface area is 143 Å². The van der Waals surface area contributed by atoms with Crippen LogP contribution in [0.2, 0.25) is 0 Å². The molecule has 2 rings (SSSR count). The fourth-order valence-electron chi connectivity index (χ4n) is 2.29. The van der Waals surface area contributed by atoms with Gasteiger partial charge in [0.25, 0.3) is 0 Å². The van der Waals surface area contributed by atoms with Gasteiger partial charge in [0.1, 0.15) is 11.5 Å². The van der Waals surface area contributed by atoms with E-state index in [1.165, 1.54) is 0 Å². The molecule has 1 unspecified atom stereocenters. The molecule has 0 amide bonds. The van der Waals surface area contributed by atoms with Crippen molar-refractivity contribution in [2.45, 2.75) is 45.7 Å². The molecule has 0 radical (unpaired) electrons. The third-order valence-corrected chi connectivity index (χ3v) is 4.05. The molecule has 6 nitrogen and oxygen atoms in total. The van der Waals surface area contributed by atoms with Gasteiger partial charge >= 0.3 is 0 Å². The summed E-state index contributed by atoms with van der Waals surface area (Å²) in [6.07, 6.45) is 0. The molecule has 1 aromatic carbocycles. The van der Waals surface area contributed by atoms with Crippen molar-refractivity contribution in [3.8, 4) is 11.5 Å². The first-order chi connectivity index (χ1) is 11.3. The Hall–Kier alpha value is -2.08. The first kappa shape index (κ1) is 18.3. The Kier molecular flexibility index (Phi) is 5.49. The fourth-order valence-corrected chi connectivity index (χ4v) is 2.29. The van der Waals surface area contributed by atoms with Gasteiger partial charge in [-0.05, 0) is 20.0 Å². The first-order valence-electron chi connectivity index (χ1n) is 8.01. The van der Waals surface area contributed by atoms with E-state index in [1.807, 2.05) is 25.2 Å². The van der Waals surface area contributed by atoms with Gasteiger partial charge in [-0.15, -0.1) is 0 Å². The fraction of sp³-hybridized carbons (Fsp3) is 0.556. The summed E-state index contributed by atoms with van der Waals surface area (Å²) in [5.74, 6) is 2.92. The maximum atomic E-state index is 5.46. The minimum atomic E-state index is -0.126. The van der Waals surface area contributed by atoms with E-state index in [0.29, 0.717) is 12.4 Å². The second kappa shape index (κ2) is 7.21. The highest BCUT2D eigenvalue weighted by atomic mass is 16.5. The molecule has 0 bridgehead atoms. The van der Waals surface area contributed by atoms with E-state index in [4.69, 9.17) is 14.0 Å². The van der Waals surface area contributed by atoms with Crippen molar-refractivity contribution in [1.82, 2.24) is 15.0 Å². The maximum Gasteiger partial charge on any atom is 0.243 e. The molecule has 132 valence electrons. The minimum absolute atomic E-state index is 0.000378. The van der Waals surface area contributed by atoms with Crippen molar-refractivity contribution in [1.29, 1.82) is 0 Å². The molecule has 0 spiro atoms. The van der Waals surface area contributed by atoms with Crippen LogP contribution in [0.1, 0.15) is 51.0 Å². The minimum Gasteiger partial charge on any atom is -0.497 e. The zero-order chi connectivity index (χ0) is 17.9. The van der Waals surface area contributed by atoms with Gasteiger partial charge in [-0.3, -0.25) is 4.90 Å². The van der Waals surface area contributed by atoms with Gasteiger partial charge in [0.15, 0.2) is 5.82 Å². The van der Waals surface area contributed by atoms with Crippen LogP contribution in [-0.4, -0.2) is 36.3 Å². The van der Waals surface area contributed by atoms with E-state index in [-0.39, 0.29) is 11.5 Å². The van der Waals surface area contributed by atoms with Crippen molar-refractivity contribution in [3.63, 3.8) is 0 Å². The number of benzene rings is 1. The lowest BCUT2D eigenvalue weighted by atomic mass is 9.96. The Morgan fingerprint density at radius 1 is 1.21 bits per heavy atom. The number of hydrogen-bond acceptors (Lipinski definition) is 6. The lowest BCUT2D eigenvalue weighted by molar-refractivity contribution is 0.200. The molecule has 0 aliphatic rings. The SMILES string of the molecule is COc1ccc(CN(C)C(C)c2nc(C(C)(C)C)no2)c(OC)c1. The number of hydrogen-bond donors (Lipinski definition) is 0.